The maximum absolute atomic E-state index is 13.6. The highest BCUT2D eigenvalue weighted by Gasteiger charge is 2.09. The lowest BCUT2D eigenvalue weighted by molar-refractivity contribution is 0.391. The summed E-state index contributed by atoms with van der Waals surface area (Å²) in [4.78, 5) is 18.1. The van der Waals surface area contributed by atoms with E-state index in [1.165, 1.54) is 0 Å². The number of aromatic nitrogens is 1. The molecule has 1 heterocycles. The van der Waals surface area contributed by atoms with Gasteiger partial charge in [-0.2, -0.15) is 0 Å². The number of methoxy groups -OCH3 is 2. The maximum Gasteiger partial charge on any atom is 0.195 e. The fraction of sp³-hybridized carbons (Fsp3) is 0.103. The number of nitrogens with one attached hydrogen (secondary N) is 1. The second-order valence-electron chi connectivity index (χ2n) is 8.02. The molecule has 0 aliphatic heterocycles. The smallest absolute Gasteiger partial charge is 0.195 e. The van der Waals surface area contributed by atoms with E-state index in [1.807, 2.05) is 91.1 Å². The van der Waals surface area contributed by atoms with Gasteiger partial charge >= 0.3 is 0 Å². The highest BCUT2D eigenvalue weighted by molar-refractivity contribution is 5.94. The van der Waals surface area contributed by atoms with E-state index in [2.05, 4.69) is 10.3 Å². The molecule has 34 heavy (non-hydrogen) atoms. The van der Waals surface area contributed by atoms with E-state index >= 15 is 0 Å². The molecule has 0 aliphatic rings. The van der Waals surface area contributed by atoms with E-state index in [-0.39, 0.29) is 5.43 Å². The van der Waals surface area contributed by atoms with Gasteiger partial charge < -0.3 is 14.8 Å². The minimum Gasteiger partial charge on any atom is -0.497 e. The third-order valence-electron chi connectivity index (χ3n) is 5.97. The molecule has 1 aromatic heterocycles. The van der Waals surface area contributed by atoms with E-state index in [0.29, 0.717) is 22.8 Å². The van der Waals surface area contributed by atoms with Crippen molar-refractivity contribution in [3.63, 3.8) is 0 Å². The number of ether oxygens (including phenoxy) is 2. The Kier molecular flexibility index (Phi) is 5.83. The van der Waals surface area contributed by atoms with E-state index in [0.717, 1.165) is 39.3 Å². The third kappa shape index (κ3) is 4.16. The minimum absolute atomic E-state index is 0.0361. The lowest BCUT2D eigenvalue weighted by atomic mass is 10.1. The number of hydrogen-bond donors (Lipinski definition) is 1. The van der Waals surface area contributed by atoms with Crippen LogP contribution in [0.4, 0.5) is 5.69 Å². The van der Waals surface area contributed by atoms with Crippen molar-refractivity contribution in [3.8, 4) is 22.6 Å². The third-order valence-corrected chi connectivity index (χ3v) is 5.97. The summed E-state index contributed by atoms with van der Waals surface area (Å²) in [7, 11) is 3.27. The van der Waals surface area contributed by atoms with Crippen molar-refractivity contribution in [1.29, 1.82) is 0 Å². The molecule has 0 atom stereocenters. The first kappa shape index (κ1) is 21.5. The Balaban J connectivity index is 1.53. The lowest BCUT2D eigenvalue weighted by Gasteiger charge is -2.12. The SMILES string of the molecule is COc1ccc(CNc2ccc3ccc4ncc(-c5ccccc5)cc4c(=O)c3c2)c(OC)c1. The molecule has 168 valence electrons. The molecule has 0 amide bonds. The normalized spacial score (nSPS) is 10.9. The zero-order valence-corrected chi connectivity index (χ0v) is 19.0. The molecule has 5 heteroatoms. The van der Waals surface area contributed by atoms with E-state index in [9.17, 15) is 4.79 Å². The summed E-state index contributed by atoms with van der Waals surface area (Å²) >= 11 is 0. The summed E-state index contributed by atoms with van der Waals surface area (Å²) in [6.07, 6.45) is 1.82. The molecular weight excluding hydrogens is 424 g/mol. The molecule has 0 saturated carbocycles. The molecule has 4 aromatic carbocycles. The van der Waals surface area contributed by atoms with Crippen LogP contribution in [0.15, 0.2) is 95.9 Å². The molecule has 0 aliphatic carbocycles. The summed E-state index contributed by atoms with van der Waals surface area (Å²) in [6, 6.07) is 27.3. The van der Waals surface area contributed by atoms with Crippen LogP contribution in [-0.4, -0.2) is 19.2 Å². The Morgan fingerprint density at radius 2 is 1.62 bits per heavy atom. The fourth-order valence-electron chi connectivity index (χ4n) is 4.10. The van der Waals surface area contributed by atoms with E-state index in [1.54, 1.807) is 14.2 Å². The predicted octanol–water partition coefficient (Wildman–Crippen LogP) is 6.04. The van der Waals surface area contributed by atoms with Crippen LogP contribution in [0.25, 0.3) is 32.8 Å². The summed E-state index contributed by atoms with van der Waals surface area (Å²) in [6.45, 7) is 0.548. The van der Waals surface area contributed by atoms with Gasteiger partial charge in [-0.25, -0.2) is 0 Å². The second-order valence-corrected chi connectivity index (χ2v) is 8.02. The number of fused-ring (bicyclic) bond motifs is 2. The summed E-state index contributed by atoms with van der Waals surface area (Å²) in [5, 5.41) is 5.53. The lowest BCUT2D eigenvalue weighted by Crippen LogP contribution is -2.04. The average molecular weight is 449 g/mol. The van der Waals surface area contributed by atoms with Gasteiger partial charge in [0.15, 0.2) is 5.43 Å². The molecule has 0 saturated heterocycles. The topological polar surface area (TPSA) is 60.5 Å². The molecular formula is C29H24N2O3. The van der Waals surface area contributed by atoms with Crippen molar-refractivity contribution in [2.24, 2.45) is 0 Å². The Morgan fingerprint density at radius 1 is 0.794 bits per heavy atom. The predicted molar refractivity (Wildman–Crippen MR) is 138 cm³/mol. The molecule has 5 aromatic rings. The number of pyridine rings is 1. The van der Waals surface area contributed by atoms with Crippen LogP contribution in [0.2, 0.25) is 0 Å². The van der Waals surface area contributed by atoms with Gasteiger partial charge in [-0.1, -0.05) is 42.5 Å². The monoisotopic (exact) mass is 448 g/mol. The second kappa shape index (κ2) is 9.24. The molecule has 0 spiro atoms. The van der Waals surface area contributed by atoms with Gasteiger partial charge in [-0.15, -0.1) is 0 Å². The van der Waals surface area contributed by atoms with Crippen LogP contribution in [-0.2, 0) is 6.54 Å². The standard InChI is InChI=1S/C29H24N2O3/c1-33-24-12-9-21(28(16-24)34-2)17-30-23-11-8-20-10-13-27-26(29(32)25(20)15-23)14-22(18-31-27)19-6-4-3-5-7-19/h3-16,18,30H,17H2,1-2H3. The van der Waals surface area contributed by atoms with Crippen LogP contribution in [0.5, 0.6) is 11.5 Å². The van der Waals surface area contributed by atoms with Gasteiger partial charge in [-0.3, -0.25) is 9.78 Å². The largest absolute Gasteiger partial charge is 0.497 e. The Bertz CT molecular complexity index is 1550. The van der Waals surface area contributed by atoms with Crippen molar-refractivity contribution in [2.75, 3.05) is 19.5 Å². The van der Waals surface area contributed by atoms with Crippen molar-refractivity contribution in [1.82, 2.24) is 4.98 Å². The van der Waals surface area contributed by atoms with Gasteiger partial charge in [-0.05, 0) is 47.3 Å². The zero-order valence-electron chi connectivity index (χ0n) is 19.0. The number of benzene rings is 3. The first-order valence-electron chi connectivity index (χ1n) is 11.0. The molecule has 0 radical (unpaired) electrons. The van der Waals surface area contributed by atoms with Gasteiger partial charge in [0.2, 0.25) is 0 Å². The summed E-state index contributed by atoms with van der Waals surface area (Å²) in [5.41, 5.74) is 4.44. The van der Waals surface area contributed by atoms with Crippen molar-refractivity contribution >= 4 is 27.4 Å². The van der Waals surface area contributed by atoms with Crippen LogP contribution in [0, 0.1) is 0 Å². The van der Waals surface area contributed by atoms with Gasteiger partial charge in [0.05, 0.1) is 19.7 Å². The number of anilines is 1. The maximum atomic E-state index is 13.6. The fourth-order valence-corrected chi connectivity index (χ4v) is 4.10. The molecule has 1 N–H and O–H groups in total. The van der Waals surface area contributed by atoms with Crippen molar-refractivity contribution in [2.45, 2.75) is 6.54 Å². The van der Waals surface area contributed by atoms with Gasteiger partial charge in [0, 0.05) is 46.4 Å². The van der Waals surface area contributed by atoms with E-state index in [4.69, 9.17) is 9.47 Å². The first-order chi connectivity index (χ1) is 16.7. The quantitative estimate of drug-likeness (QED) is 0.343. The minimum atomic E-state index is -0.0361. The molecule has 0 fully saturated rings. The van der Waals surface area contributed by atoms with Crippen molar-refractivity contribution < 1.29 is 9.47 Å². The average Bonchev–Trinajstić information content (AvgIpc) is 3.03. The zero-order chi connectivity index (χ0) is 23.5. The van der Waals surface area contributed by atoms with Crippen LogP contribution in [0.3, 0.4) is 0 Å². The Morgan fingerprint density at radius 3 is 2.41 bits per heavy atom. The molecule has 0 unspecified atom stereocenters. The summed E-state index contributed by atoms with van der Waals surface area (Å²) < 4.78 is 10.8. The van der Waals surface area contributed by atoms with Crippen LogP contribution in [0.1, 0.15) is 5.56 Å². The van der Waals surface area contributed by atoms with Crippen LogP contribution >= 0.6 is 0 Å². The Labute approximate surface area is 197 Å². The Hall–Kier alpha value is -4.38. The van der Waals surface area contributed by atoms with Crippen molar-refractivity contribution in [3.05, 3.63) is 107 Å². The highest BCUT2D eigenvalue weighted by atomic mass is 16.5. The van der Waals surface area contributed by atoms with Gasteiger partial charge in [0.1, 0.15) is 11.5 Å². The highest BCUT2D eigenvalue weighted by Crippen LogP contribution is 2.27. The molecule has 0 bridgehead atoms. The molecule has 5 nitrogen and oxygen atoms in total. The first-order valence-corrected chi connectivity index (χ1v) is 11.0. The van der Waals surface area contributed by atoms with E-state index < -0.39 is 0 Å². The number of hydrogen-bond acceptors (Lipinski definition) is 5. The van der Waals surface area contributed by atoms with Crippen LogP contribution < -0.4 is 20.2 Å². The molecule has 5 rings (SSSR count). The number of nitrogens with zero attached hydrogens (tertiary/aromatic N) is 1. The summed E-state index contributed by atoms with van der Waals surface area (Å²) in [5.74, 6) is 1.49. The van der Waals surface area contributed by atoms with Gasteiger partial charge in [0.25, 0.3) is 0 Å². The number of rotatable bonds is 6.